The molecule has 0 saturated heterocycles. The summed E-state index contributed by atoms with van der Waals surface area (Å²) in [5.41, 5.74) is 3.41. The molecular weight excluding hydrogens is 311 g/mol. The zero-order chi connectivity index (χ0) is 11.1. The van der Waals surface area contributed by atoms with Crippen molar-refractivity contribution in [2.75, 3.05) is 4.93 Å². The van der Waals surface area contributed by atoms with E-state index in [4.69, 9.17) is 4.42 Å². The first-order valence-electron chi connectivity index (χ1n) is 5.21. The maximum atomic E-state index is 5.98. The van der Waals surface area contributed by atoms with Crippen LogP contribution in [0, 0.1) is 10.5 Å². The van der Waals surface area contributed by atoms with Crippen molar-refractivity contribution in [2.45, 2.75) is 6.92 Å². The number of benzene rings is 2. The Balaban J connectivity index is 2.56. The van der Waals surface area contributed by atoms with Crippen molar-refractivity contribution in [3.05, 3.63) is 45.5 Å². The van der Waals surface area contributed by atoms with Crippen LogP contribution in [-0.2, 0) is 0 Å². The van der Waals surface area contributed by atoms with E-state index in [1.807, 2.05) is 0 Å². The summed E-state index contributed by atoms with van der Waals surface area (Å²) < 4.78 is 7.38. The molecule has 0 aliphatic rings. The van der Waals surface area contributed by atoms with Crippen molar-refractivity contribution < 1.29 is 25.6 Å². The Bertz CT molecular complexity index is 667. The third-order valence-corrected chi connectivity index (χ3v) is 4.90. The van der Waals surface area contributed by atoms with Gasteiger partial charge in [0.05, 0.1) is 0 Å². The normalized spacial score (nSPS) is 11.6. The first kappa shape index (κ1) is 10.1. The fourth-order valence-electron chi connectivity index (χ4n) is 2.14. The average molecular weight is 323 g/mol. The van der Waals surface area contributed by atoms with Gasteiger partial charge >= 0.3 is 105 Å². The van der Waals surface area contributed by atoms with Crippen LogP contribution in [0.15, 0.2) is 40.8 Å². The van der Waals surface area contributed by atoms with E-state index in [1.165, 1.54) is 19.9 Å². The molecular formula is C14H12IO-. The van der Waals surface area contributed by atoms with Crippen LogP contribution in [0.25, 0.3) is 21.9 Å². The van der Waals surface area contributed by atoms with Crippen LogP contribution in [-0.4, -0.2) is 4.93 Å². The summed E-state index contributed by atoms with van der Waals surface area (Å²) in [7, 11) is 0. The van der Waals surface area contributed by atoms with E-state index in [2.05, 4.69) is 48.3 Å². The first-order chi connectivity index (χ1) is 7.81. The molecule has 1 nitrogen and oxygen atoms in total. The number of aryl methyl sites for hydroxylation is 1. The van der Waals surface area contributed by atoms with Crippen LogP contribution in [0.5, 0.6) is 0 Å². The Morgan fingerprint density at radius 1 is 1.06 bits per heavy atom. The number of fused-ring (bicyclic) bond motifs is 3. The summed E-state index contributed by atoms with van der Waals surface area (Å²) in [4.78, 5) is 2.27. The monoisotopic (exact) mass is 323 g/mol. The molecule has 1 aromatic heterocycles. The van der Waals surface area contributed by atoms with Gasteiger partial charge in [0.25, 0.3) is 0 Å². The molecule has 0 bridgehead atoms. The van der Waals surface area contributed by atoms with Crippen molar-refractivity contribution in [1.82, 2.24) is 0 Å². The molecule has 2 heteroatoms. The molecule has 1 heterocycles. The molecule has 2 aromatic carbocycles. The van der Waals surface area contributed by atoms with Crippen molar-refractivity contribution in [3.63, 3.8) is 0 Å². The second-order valence-electron chi connectivity index (χ2n) is 3.86. The summed E-state index contributed by atoms with van der Waals surface area (Å²) in [6, 6.07) is 12.7. The number of alkyl halides is 1. The van der Waals surface area contributed by atoms with Gasteiger partial charge in [-0.05, 0) is 0 Å². The Morgan fingerprint density at radius 3 is 2.69 bits per heavy atom. The Kier molecular flexibility index (Phi) is 2.39. The molecule has 0 atom stereocenters. The molecule has 0 saturated carbocycles. The number of hydrogen-bond acceptors (Lipinski definition) is 1. The van der Waals surface area contributed by atoms with Crippen LogP contribution in [0.1, 0.15) is 5.56 Å². The SMILES string of the molecule is C[I-]c1cccc2c1oc1cccc(C)c12. The van der Waals surface area contributed by atoms with Crippen molar-refractivity contribution in [2.24, 2.45) is 0 Å². The standard InChI is InChI=1S/C14H12IO/c1-9-5-3-8-12-13(9)10-6-4-7-11(15-2)14(10)16-12/h3-8H,1-2H3/q-1. The zero-order valence-electron chi connectivity index (χ0n) is 9.25. The van der Waals surface area contributed by atoms with Gasteiger partial charge in [-0.1, -0.05) is 0 Å². The Labute approximate surface area is 105 Å². The van der Waals surface area contributed by atoms with E-state index in [-0.39, 0.29) is 21.2 Å². The molecule has 0 radical (unpaired) electrons. The predicted octanol–water partition coefficient (Wildman–Crippen LogP) is 0.783. The zero-order valence-corrected chi connectivity index (χ0v) is 11.4. The summed E-state index contributed by atoms with van der Waals surface area (Å²) in [5.74, 6) is 0. The predicted molar refractivity (Wildman–Crippen MR) is 63.1 cm³/mol. The van der Waals surface area contributed by atoms with Crippen molar-refractivity contribution in [3.8, 4) is 0 Å². The van der Waals surface area contributed by atoms with Crippen LogP contribution in [0.4, 0.5) is 0 Å². The topological polar surface area (TPSA) is 13.1 Å². The molecule has 3 aromatic rings. The fraction of sp³-hybridized carbons (Fsp3) is 0.143. The van der Waals surface area contributed by atoms with E-state index < -0.39 is 0 Å². The summed E-state index contributed by atoms with van der Waals surface area (Å²) in [5, 5.41) is 2.55. The summed E-state index contributed by atoms with van der Waals surface area (Å²) in [6.07, 6.45) is 0. The number of para-hydroxylation sites is 1. The second kappa shape index (κ2) is 3.77. The van der Waals surface area contributed by atoms with Crippen LogP contribution in [0.2, 0.25) is 0 Å². The van der Waals surface area contributed by atoms with E-state index >= 15 is 0 Å². The van der Waals surface area contributed by atoms with Crippen LogP contribution >= 0.6 is 0 Å². The molecule has 82 valence electrons. The molecule has 0 aliphatic heterocycles. The van der Waals surface area contributed by atoms with Crippen molar-refractivity contribution >= 4 is 21.9 Å². The van der Waals surface area contributed by atoms with E-state index in [0.717, 1.165) is 11.2 Å². The van der Waals surface area contributed by atoms with Gasteiger partial charge in [-0.15, -0.1) is 0 Å². The average Bonchev–Trinajstić information content (AvgIpc) is 2.68. The number of halogens is 1. The minimum absolute atomic E-state index is 0.0657. The van der Waals surface area contributed by atoms with Crippen molar-refractivity contribution in [1.29, 1.82) is 0 Å². The molecule has 16 heavy (non-hydrogen) atoms. The van der Waals surface area contributed by atoms with Gasteiger partial charge in [0.2, 0.25) is 0 Å². The molecule has 0 fully saturated rings. The van der Waals surface area contributed by atoms with Gasteiger partial charge in [0.1, 0.15) is 0 Å². The van der Waals surface area contributed by atoms with Gasteiger partial charge in [0, 0.05) is 0 Å². The number of furan rings is 1. The molecule has 0 N–H and O–H groups in total. The van der Waals surface area contributed by atoms with Gasteiger partial charge in [0.15, 0.2) is 0 Å². The molecule has 0 spiro atoms. The number of hydrogen-bond donors (Lipinski definition) is 0. The second-order valence-corrected chi connectivity index (χ2v) is 6.10. The van der Waals surface area contributed by atoms with E-state index in [1.54, 1.807) is 0 Å². The maximum absolute atomic E-state index is 5.98. The summed E-state index contributed by atoms with van der Waals surface area (Å²) in [6.45, 7) is 2.14. The molecule has 0 aliphatic carbocycles. The van der Waals surface area contributed by atoms with Gasteiger partial charge in [-0.25, -0.2) is 0 Å². The summed E-state index contributed by atoms with van der Waals surface area (Å²) >= 11 is 0.0657. The molecule has 0 amide bonds. The number of rotatable bonds is 1. The Hall–Kier alpha value is -1.03. The molecule has 3 rings (SSSR count). The van der Waals surface area contributed by atoms with Gasteiger partial charge in [-0.3, -0.25) is 0 Å². The third kappa shape index (κ3) is 1.36. The van der Waals surface area contributed by atoms with E-state index in [0.29, 0.717) is 0 Å². The third-order valence-electron chi connectivity index (χ3n) is 2.89. The minimum atomic E-state index is 0.0657. The molecule has 0 unspecified atom stereocenters. The van der Waals surface area contributed by atoms with Gasteiger partial charge < -0.3 is 0 Å². The van der Waals surface area contributed by atoms with Gasteiger partial charge in [-0.2, -0.15) is 0 Å². The van der Waals surface area contributed by atoms with Crippen LogP contribution < -0.4 is 21.2 Å². The van der Waals surface area contributed by atoms with E-state index in [9.17, 15) is 0 Å². The first-order valence-corrected chi connectivity index (χ1v) is 8.45. The fourth-order valence-corrected chi connectivity index (χ4v) is 3.60. The van der Waals surface area contributed by atoms with Crippen LogP contribution in [0.3, 0.4) is 0 Å². The Morgan fingerprint density at radius 2 is 1.88 bits per heavy atom. The quantitative estimate of drug-likeness (QED) is 0.477.